The average molecular weight is 222 g/mol. The fourth-order valence-corrected chi connectivity index (χ4v) is 1.48. The van der Waals surface area contributed by atoms with Crippen LogP contribution in [0.4, 0.5) is 11.4 Å². The number of anilines is 2. The quantitative estimate of drug-likeness (QED) is 0.775. The van der Waals surface area contributed by atoms with Gasteiger partial charge in [-0.1, -0.05) is 6.92 Å². The molecule has 0 heterocycles. The van der Waals surface area contributed by atoms with Gasteiger partial charge in [0.1, 0.15) is 0 Å². The first kappa shape index (κ1) is 12.8. The second kappa shape index (κ2) is 6.38. The van der Waals surface area contributed by atoms with Crippen molar-refractivity contribution in [3.05, 3.63) is 24.3 Å². The molecule has 1 aromatic rings. The third-order valence-corrected chi connectivity index (χ3v) is 2.77. The molecular weight excluding hydrogens is 200 g/mol. The lowest BCUT2D eigenvalue weighted by molar-refractivity contribution is 0.304. The maximum Gasteiger partial charge on any atom is 0.0606 e. The predicted molar refractivity (Wildman–Crippen MR) is 70.2 cm³/mol. The van der Waals surface area contributed by atoms with Gasteiger partial charge < -0.3 is 15.3 Å². The van der Waals surface area contributed by atoms with Gasteiger partial charge in [0.2, 0.25) is 0 Å². The summed E-state index contributed by atoms with van der Waals surface area (Å²) in [4.78, 5) is 2.03. The van der Waals surface area contributed by atoms with E-state index < -0.39 is 0 Å². The first-order valence-electron chi connectivity index (χ1n) is 5.86. The minimum absolute atomic E-state index is 0.184. The average Bonchev–Trinajstić information content (AvgIpc) is 2.30. The van der Waals surface area contributed by atoms with Crippen LogP contribution in [-0.2, 0) is 0 Å². The molecule has 0 bridgehead atoms. The molecule has 0 spiro atoms. The summed E-state index contributed by atoms with van der Waals surface area (Å²) in [6.07, 6.45) is 1.12. The zero-order chi connectivity index (χ0) is 12.0. The molecule has 1 aromatic carbocycles. The van der Waals surface area contributed by atoms with Crippen molar-refractivity contribution in [2.24, 2.45) is 0 Å². The fourth-order valence-electron chi connectivity index (χ4n) is 1.48. The van der Waals surface area contributed by atoms with Crippen LogP contribution in [0, 0.1) is 0 Å². The van der Waals surface area contributed by atoms with Gasteiger partial charge in [0.25, 0.3) is 0 Å². The van der Waals surface area contributed by atoms with Gasteiger partial charge in [-0.3, -0.25) is 0 Å². The van der Waals surface area contributed by atoms with E-state index in [-0.39, 0.29) is 6.61 Å². The Kier molecular flexibility index (Phi) is 5.12. The topological polar surface area (TPSA) is 35.5 Å². The Morgan fingerprint density at radius 2 is 1.94 bits per heavy atom. The normalized spacial score (nSPS) is 12.2. The molecule has 3 heteroatoms. The molecule has 0 aromatic heterocycles. The number of rotatable bonds is 6. The molecule has 0 aliphatic rings. The highest BCUT2D eigenvalue weighted by atomic mass is 16.3. The summed E-state index contributed by atoms with van der Waals surface area (Å²) in [5.74, 6) is 0. The highest BCUT2D eigenvalue weighted by Crippen LogP contribution is 2.17. The Bertz CT molecular complexity index is 297. The van der Waals surface area contributed by atoms with Crippen molar-refractivity contribution < 1.29 is 5.11 Å². The van der Waals surface area contributed by atoms with Crippen molar-refractivity contribution in [1.82, 2.24) is 0 Å². The van der Waals surface area contributed by atoms with Crippen molar-refractivity contribution in [1.29, 1.82) is 0 Å². The molecule has 0 aliphatic heterocycles. The molecule has 0 aliphatic carbocycles. The van der Waals surface area contributed by atoms with Crippen molar-refractivity contribution in [2.45, 2.75) is 26.3 Å². The highest BCUT2D eigenvalue weighted by Gasteiger charge is 2.01. The lowest BCUT2D eigenvalue weighted by atomic mass is 10.2. The molecule has 0 fully saturated rings. The van der Waals surface area contributed by atoms with E-state index in [9.17, 15) is 0 Å². The molecule has 3 nitrogen and oxygen atoms in total. The number of benzene rings is 1. The van der Waals surface area contributed by atoms with Crippen LogP contribution in [0.15, 0.2) is 24.3 Å². The SMILES string of the molecule is CCC(C)Nc1ccc(N(C)CCO)cc1. The Morgan fingerprint density at radius 1 is 1.31 bits per heavy atom. The Labute approximate surface area is 98.1 Å². The number of hydrogen-bond donors (Lipinski definition) is 2. The van der Waals surface area contributed by atoms with Crippen LogP contribution < -0.4 is 10.2 Å². The van der Waals surface area contributed by atoms with E-state index in [0.717, 1.165) is 17.8 Å². The molecule has 0 saturated carbocycles. The van der Waals surface area contributed by atoms with Gasteiger partial charge >= 0.3 is 0 Å². The summed E-state index contributed by atoms with van der Waals surface area (Å²) in [6.45, 7) is 5.19. The van der Waals surface area contributed by atoms with E-state index in [0.29, 0.717) is 12.6 Å². The summed E-state index contributed by atoms with van der Waals surface area (Å²) in [5, 5.41) is 12.3. The molecule has 2 N–H and O–H groups in total. The molecular formula is C13H22N2O. The summed E-state index contributed by atoms with van der Waals surface area (Å²) in [6, 6.07) is 8.80. The van der Waals surface area contributed by atoms with Crippen LogP contribution in [0.25, 0.3) is 0 Å². The molecule has 16 heavy (non-hydrogen) atoms. The zero-order valence-electron chi connectivity index (χ0n) is 10.4. The van der Waals surface area contributed by atoms with Crippen LogP contribution >= 0.6 is 0 Å². The summed E-state index contributed by atoms with van der Waals surface area (Å²) in [7, 11) is 1.98. The van der Waals surface area contributed by atoms with Crippen LogP contribution in [0.5, 0.6) is 0 Å². The van der Waals surface area contributed by atoms with Crippen LogP contribution in [0.3, 0.4) is 0 Å². The van der Waals surface area contributed by atoms with Gasteiger partial charge in [-0.15, -0.1) is 0 Å². The summed E-state index contributed by atoms with van der Waals surface area (Å²) >= 11 is 0. The lowest BCUT2D eigenvalue weighted by Crippen LogP contribution is -2.21. The first-order chi connectivity index (χ1) is 7.67. The highest BCUT2D eigenvalue weighted by molar-refractivity contribution is 5.55. The van der Waals surface area contributed by atoms with Crippen molar-refractivity contribution in [3.63, 3.8) is 0 Å². The van der Waals surface area contributed by atoms with Gasteiger partial charge in [0.05, 0.1) is 6.61 Å². The Balaban J connectivity index is 2.60. The molecule has 0 saturated heterocycles. The molecule has 1 atom stereocenters. The van der Waals surface area contributed by atoms with Crippen LogP contribution in [-0.4, -0.2) is 31.3 Å². The summed E-state index contributed by atoms with van der Waals surface area (Å²) < 4.78 is 0. The lowest BCUT2D eigenvalue weighted by Gasteiger charge is -2.19. The predicted octanol–water partition coefficient (Wildman–Crippen LogP) is 2.33. The van der Waals surface area contributed by atoms with Gasteiger partial charge in [-0.2, -0.15) is 0 Å². The molecule has 0 radical (unpaired) electrons. The zero-order valence-corrected chi connectivity index (χ0v) is 10.4. The second-order valence-electron chi connectivity index (χ2n) is 4.15. The number of aliphatic hydroxyl groups is 1. The molecule has 0 amide bonds. The Hall–Kier alpha value is -1.22. The van der Waals surface area contributed by atoms with Gasteiger partial charge in [0, 0.05) is 31.0 Å². The fraction of sp³-hybridized carbons (Fsp3) is 0.538. The standard InChI is InChI=1S/C13H22N2O/c1-4-11(2)14-12-5-7-13(8-6-12)15(3)9-10-16/h5-8,11,14,16H,4,9-10H2,1-3H3. The van der Waals surface area contributed by atoms with E-state index in [1.807, 2.05) is 11.9 Å². The van der Waals surface area contributed by atoms with Crippen molar-refractivity contribution in [3.8, 4) is 0 Å². The molecule has 1 rings (SSSR count). The first-order valence-corrected chi connectivity index (χ1v) is 5.86. The number of nitrogens with one attached hydrogen (secondary N) is 1. The maximum atomic E-state index is 8.85. The van der Waals surface area contributed by atoms with Gasteiger partial charge in [-0.05, 0) is 37.6 Å². The third-order valence-electron chi connectivity index (χ3n) is 2.77. The molecule has 1 unspecified atom stereocenters. The second-order valence-corrected chi connectivity index (χ2v) is 4.15. The van der Waals surface area contributed by atoms with Gasteiger partial charge in [0.15, 0.2) is 0 Å². The summed E-state index contributed by atoms with van der Waals surface area (Å²) in [5.41, 5.74) is 2.28. The van der Waals surface area contributed by atoms with E-state index >= 15 is 0 Å². The van der Waals surface area contributed by atoms with Crippen LogP contribution in [0.1, 0.15) is 20.3 Å². The van der Waals surface area contributed by atoms with Gasteiger partial charge in [-0.25, -0.2) is 0 Å². The number of aliphatic hydroxyl groups excluding tert-OH is 1. The number of likely N-dealkylation sites (N-methyl/N-ethyl adjacent to an activating group) is 1. The maximum absolute atomic E-state index is 8.85. The Morgan fingerprint density at radius 3 is 2.44 bits per heavy atom. The number of nitrogens with zero attached hydrogens (tertiary/aromatic N) is 1. The van der Waals surface area contributed by atoms with E-state index in [2.05, 4.69) is 43.4 Å². The van der Waals surface area contributed by atoms with Crippen molar-refractivity contribution in [2.75, 3.05) is 30.4 Å². The third kappa shape index (κ3) is 3.74. The minimum Gasteiger partial charge on any atom is -0.395 e. The van der Waals surface area contributed by atoms with E-state index in [1.165, 1.54) is 0 Å². The minimum atomic E-state index is 0.184. The van der Waals surface area contributed by atoms with E-state index in [1.54, 1.807) is 0 Å². The largest absolute Gasteiger partial charge is 0.395 e. The van der Waals surface area contributed by atoms with Crippen LogP contribution in [0.2, 0.25) is 0 Å². The van der Waals surface area contributed by atoms with Crippen molar-refractivity contribution >= 4 is 11.4 Å². The number of hydrogen-bond acceptors (Lipinski definition) is 3. The monoisotopic (exact) mass is 222 g/mol. The smallest absolute Gasteiger partial charge is 0.0606 e. The molecule has 90 valence electrons. The van der Waals surface area contributed by atoms with E-state index in [4.69, 9.17) is 5.11 Å².